The Morgan fingerprint density at radius 1 is 1.33 bits per heavy atom. The van der Waals surface area contributed by atoms with Gasteiger partial charge in [-0.2, -0.15) is 4.98 Å². The highest BCUT2D eigenvalue weighted by molar-refractivity contribution is 5.93. The lowest BCUT2D eigenvalue weighted by atomic mass is 10.2. The van der Waals surface area contributed by atoms with Crippen molar-refractivity contribution in [3.63, 3.8) is 0 Å². The van der Waals surface area contributed by atoms with Crippen molar-refractivity contribution < 1.29 is 9.66 Å². The highest BCUT2D eigenvalue weighted by Crippen LogP contribution is 2.26. The molecule has 0 aliphatic heterocycles. The molecule has 0 aliphatic carbocycles. The Hall–Kier alpha value is -3.03. The lowest BCUT2D eigenvalue weighted by Gasteiger charge is -2.08. The molecule has 0 aliphatic rings. The molecule has 1 aromatic carbocycles. The summed E-state index contributed by atoms with van der Waals surface area (Å²) in [7, 11) is 0. The van der Waals surface area contributed by atoms with Gasteiger partial charge in [-0.3, -0.25) is 15.5 Å². The van der Waals surface area contributed by atoms with Crippen LogP contribution in [0.3, 0.4) is 0 Å². The molecule has 0 spiro atoms. The van der Waals surface area contributed by atoms with E-state index in [9.17, 15) is 10.1 Å². The van der Waals surface area contributed by atoms with Crippen LogP contribution in [0, 0.1) is 29.4 Å². The summed E-state index contributed by atoms with van der Waals surface area (Å²) in [5, 5.41) is 18.1. The Balaban J connectivity index is 2.34. The summed E-state index contributed by atoms with van der Waals surface area (Å²) in [5.41, 5.74) is 6.82. The molecular weight excluding hydrogens is 274 g/mol. The van der Waals surface area contributed by atoms with Gasteiger partial charge in [0.05, 0.1) is 4.92 Å². The number of nitrogens with one attached hydrogen (secondary N) is 1. The van der Waals surface area contributed by atoms with Gasteiger partial charge in [0.25, 0.3) is 5.69 Å². The molecule has 21 heavy (non-hydrogen) atoms. The number of nitrogens with two attached hydrogens (primary N) is 1. The number of non-ortho nitro benzene ring substituents is 1. The summed E-state index contributed by atoms with van der Waals surface area (Å²) in [6.45, 7) is 3.41. The quantitative estimate of drug-likeness (QED) is 0.383. The van der Waals surface area contributed by atoms with Crippen molar-refractivity contribution in [2.75, 3.05) is 0 Å². The van der Waals surface area contributed by atoms with Crippen LogP contribution < -0.4 is 10.5 Å². The topological polar surface area (TPSA) is 128 Å². The third-order valence-electron chi connectivity index (χ3n) is 2.68. The van der Waals surface area contributed by atoms with Gasteiger partial charge in [-0.15, -0.1) is 0 Å². The normalized spacial score (nSPS) is 10.2. The first-order valence-electron chi connectivity index (χ1n) is 6.00. The summed E-state index contributed by atoms with van der Waals surface area (Å²) in [6.07, 6.45) is 0. The number of nitro groups is 1. The molecule has 0 bridgehead atoms. The smallest absolute Gasteiger partial charge is 0.322 e. The van der Waals surface area contributed by atoms with Crippen LogP contribution in [0.2, 0.25) is 0 Å². The zero-order chi connectivity index (χ0) is 15.6. The van der Waals surface area contributed by atoms with Crippen LogP contribution in [0.25, 0.3) is 0 Å². The molecule has 2 aromatic rings. The predicted octanol–water partition coefficient (Wildman–Crippen LogP) is 2.08. The SMILES string of the molecule is Cc1cc(C(=N)N)nc(Oc2ccc([N+](=O)[O-])cc2C)n1. The van der Waals surface area contributed by atoms with Gasteiger partial charge in [0, 0.05) is 17.8 Å². The minimum atomic E-state index is -0.478. The summed E-state index contributed by atoms with van der Waals surface area (Å²) in [6, 6.07) is 5.82. The van der Waals surface area contributed by atoms with E-state index in [1.165, 1.54) is 18.2 Å². The molecule has 0 amide bonds. The second-order valence-electron chi connectivity index (χ2n) is 4.40. The number of amidine groups is 1. The summed E-state index contributed by atoms with van der Waals surface area (Å²) < 4.78 is 5.52. The van der Waals surface area contributed by atoms with E-state index in [2.05, 4.69) is 9.97 Å². The first-order chi connectivity index (χ1) is 9.86. The first kappa shape index (κ1) is 14.4. The van der Waals surface area contributed by atoms with Gasteiger partial charge in [-0.05, 0) is 31.5 Å². The Bertz CT molecular complexity index is 730. The standard InChI is InChI=1S/C13H13N5O3/c1-7-5-9(18(19)20)3-4-11(7)21-13-16-8(2)6-10(17-13)12(14)15/h3-6H,1-2H3,(H3,14,15). The Kier molecular flexibility index (Phi) is 3.79. The molecule has 1 heterocycles. The maximum Gasteiger partial charge on any atom is 0.322 e. The number of rotatable bonds is 4. The van der Waals surface area contributed by atoms with Crippen molar-refractivity contribution in [2.24, 2.45) is 5.73 Å². The van der Waals surface area contributed by atoms with E-state index in [0.29, 0.717) is 17.0 Å². The van der Waals surface area contributed by atoms with Crippen molar-refractivity contribution in [3.8, 4) is 11.8 Å². The van der Waals surface area contributed by atoms with Crippen LogP contribution in [-0.2, 0) is 0 Å². The number of benzene rings is 1. The van der Waals surface area contributed by atoms with Crippen molar-refractivity contribution in [1.82, 2.24) is 9.97 Å². The number of ether oxygens (including phenoxy) is 1. The van der Waals surface area contributed by atoms with E-state index in [4.69, 9.17) is 15.9 Å². The highest BCUT2D eigenvalue weighted by Gasteiger charge is 2.12. The van der Waals surface area contributed by atoms with Crippen LogP contribution in [-0.4, -0.2) is 20.7 Å². The molecule has 8 heteroatoms. The number of hydrogen-bond acceptors (Lipinski definition) is 6. The van der Waals surface area contributed by atoms with Gasteiger partial charge >= 0.3 is 6.01 Å². The molecule has 8 nitrogen and oxygen atoms in total. The second kappa shape index (κ2) is 5.53. The Labute approximate surface area is 120 Å². The fourth-order valence-electron chi connectivity index (χ4n) is 1.68. The van der Waals surface area contributed by atoms with Crippen molar-refractivity contribution in [1.29, 1.82) is 5.41 Å². The Morgan fingerprint density at radius 2 is 2.05 bits per heavy atom. The average molecular weight is 287 g/mol. The summed E-state index contributed by atoms with van der Waals surface area (Å²) >= 11 is 0. The lowest BCUT2D eigenvalue weighted by molar-refractivity contribution is -0.384. The molecule has 0 atom stereocenters. The summed E-state index contributed by atoms with van der Waals surface area (Å²) in [5.74, 6) is 0.214. The van der Waals surface area contributed by atoms with E-state index >= 15 is 0 Å². The maximum atomic E-state index is 10.7. The summed E-state index contributed by atoms with van der Waals surface area (Å²) in [4.78, 5) is 18.3. The average Bonchev–Trinajstić information content (AvgIpc) is 2.40. The molecule has 0 radical (unpaired) electrons. The van der Waals surface area contributed by atoms with Crippen molar-refractivity contribution in [2.45, 2.75) is 13.8 Å². The lowest BCUT2D eigenvalue weighted by Crippen LogP contribution is -2.14. The molecule has 0 saturated carbocycles. The molecule has 1 aromatic heterocycles. The minimum Gasteiger partial charge on any atom is -0.424 e. The number of nitrogens with zero attached hydrogens (tertiary/aromatic N) is 3. The molecule has 0 unspecified atom stereocenters. The molecule has 2 rings (SSSR count). The number of nitrogen functional groups attached to an aromatic ring is 1. The van der Waals surface area contributed by atoms with Gasteiger partial charge < -0.3 is 10.5 Å². The van der Waals surface area contributed by atoms with E-state index in [0.717, 1.165) is 0 Å². The van der Waals surface area contributed by atoms with Crippen molar-refractivity contribution >= 4 is 11.5 Å². The molecule has 108 valence electrons. The van der Waals surface area contributed by atoms with Crippen LogP contribution in [0.4, 0.5) is 5.69 Å². The molecular formula is C13H13N5O3. The van der Waals surface area contributed by atoms with Gasteiger partial charge in [-0.1, -0.05) is 0 Å². The number of aromatic nitrogens is 2. The third kappa shape index (κ3) is 3.30. The zero-order valence-electron chi connectivity index (χ0n) is 11.5. The van der Waals surface area contributed by atoms with E-state index < -0.39 is 4.92 Å². The van der Waals surface area contributed by atoms with Crippen LogP contribution in [0.1, 0.15) is 17.0 Å². The monoisotopic (exact) mass is 287 g/mol. The van der Waals surface area contributed by atoms with E-state index in [-0.39, 0.29) is 23.2 Å². The molecule has 0 saturated heterocycles. The molecule has 3 N–H and O–H groups in total. The predicted molar refractivity (Wildman–Crippen MR) is 75.7 cm³/mol. The van der Waals surface area contributed by atoms with Gasteiger partial charge in [0.2, 0.25) is 0 Å². The van der Waals surface area contributed by atoms with Gasteiger partial charge in [-0.25, -0.2) is 4.98 Å². The fourth-order valence-corrected chi connectivity index (χ4v) is 1.68. The van der Waals surface area contributed by atoms with E-state index in [1.807, 2.05) is 0 Å². The highest BCUT2D eigenvalue weighted by atomic mass is 16.6. The molecule has 0 fully saturated rings. The van der Waals surface area contributed by atoms with Crippen LogP contribution >= 0.6 is 0 Å². The Morgan fingerprint density at radius 3 is 2.62 bits per heavy atom. The number of nitro benzene ring substituents is 1. The first-order valence-corrected chi connectivity index (χ1v) is 6.00. The largest absolute Gasteiger partial charge is 0.424 e. The minimum absolute atomic E-state index is 0.0190. The van der Waals surface area contributed by atoms with Crippen LogP contribution in [0.5, 0.6) is 11.8 Å². The van der Waals surface area contributed by atoms with Gasteiger partial charge in [0.1, 0.15) is 17.3 Å². The van der Waals surface area contributed by atoms with Gasteiger partial charge in [0.15, 0.2) is 0 Å². The maximum absolute atomic E-state index is 10.7. The fraction of sp³-hybridized carbons (Fsp3) is 0.154. The number of hydrogen-bond donors (Lipinski definition) is 2. The third-order valence-corrected chi connectivity index (χ3v) is 2.68. The van der Waals surface area contributed by atoms with Crippen LogP contribution in [0.15, 0.2) is 24.3 Å². The number of aryl methyl sites for hydroxylation is 2. The van der Waals surface area contributed by atoms with Crippen molar-refractivity contribution in [3.05, 3.63) is 51.3 Å². The van der Waals surface area contributed by atoms with E-state index in [1.54, 1.807) is 19.9 Å². The second-order valence-corrected chi connectivity index (χ2v) is 4.40. The zero-order valence-corrected chi connectivity index (χ0v) is 11.5.